The quantitative estimate of drug-likeness (QED) is 0.418. The maximum atomic E-state index is 12.3. The number of hydrogen-bond acceptors (Lipinski definition) is 4. The predicted octanol–water partition coefficient (Wildman–Crippen LogP) is 4.05. The molecule has 6 heteroatoms. The monoisotopic (exact) mass is 392 g/mol. The Balaban J connectivity index is 1.79. The van der Waals surface area contributed by atoms with Gasteiger partial charge in [0, 0.05) is 6.54 Å². The zero-order valence-corrected chi connectivity index (χ0v) is 16.6. The van der Waals surface area contributed by atoms with Crippen LogP contribution in [0.4, 0.5) is 4.79 Å². The minimum atomic E-state index is -0.454. The Morgan fingerprint density at radius 3 is 2.66 bits per heavy atom. The number of urea groups is 1. The van der Waals surface area contributed by atoms with E-state index in [2.05, 4.69) is 18.0 Å². The molecule has 3 rings (SSSR count). The number of ether oxygens (including phenoxy) is 2. The maximum Gasteiger partial charge on any atom is 0.329 e. The highest BCUT2D eigenvalue weighted by molar-refractivity contribution is 6.14. The molecule has 1 fully saturated rings. The number of carbonyl (C=O) groups is 2. The first-order valence-electron chi connectivity index (χ1n) is 9.42. The van der Waals surface area contributed by atoms with E-state index in [1.165, 1.54) is 11.6 Å². The van der Waals surface area contributed by atoms with Crippen molar-refractivity contribution in [2.45, 2.75) is 20.5 Å². The van der Waals surface area contributed by atoms with Crippen LogP contribution in [0.3, 0.4) is 0 Å². The van der Waals surface area contributed by atoms with Gasteiger partial charge in [-0.25, -0.2) is 4.79 Å². The van der Waals surface area contributed by atoms with Crippen LogP contribution < -0.4 is 14.8 Å². The van der Waals surface area contributed by atoms with Crippen LogP contribution in [0.2, 0.25) is 0 Å². The van der Waals surface area contributed by atoms with E-state index in [1.54, 1.807) is 18.2 Å². The van der Waals surface area contributed by atoms with Gasteiger partial charge in [0.1, 0.15) is 12.3 Å². The molecular weight excluding hydrogens is 368 g/mol. The summed E-state index contributed by atoms with van der Waals surface area (Å²) in [4.78, 5) is 25.3. The SMILES string of the molecule is C=CCN1C(=O)N/C(=C/c2ccc(OCc3cccc(C)c3)c(OCC)c2)C1=O. The molecule has 0 atom stereocenters. The van der Waals surface area contributed by atoms with E-state index in [0.29, 0.717) is 24.7 Å². The molecule has 0 bridgehead atoms. The fourth-order valence-electron chi connectivity index (χ4n) is 3.00. The summed E-state index contributed by atoms with van der Waals surface area (Å²) in [6.45, 7) is 8.56. The number of amides is 3. The lowest BCUT2D eigenvalue weighted by atomic mass is 10.1. The molecule has 2 aromatic rings. The molecule has 0 aromatic heterocycles. The Kier molecular flexibility index (Phi) is 6.34. The Morgan fingerprint density at radius 1 is 1.10 bits per heavy atom. The molecule has 0 unspecified atom stereocenters. The van der Waals surface area contributed by atoms with Crippen molar-refractivity contribution in [1.29, 1.82) is 0 Å². The fourth-order valence-corrected chi connectivity index (χ4v) is 3.00. The van der Waals surface area contributed by atoms with Crippen LogP contribution in [-0.2, 0) is 11.4 Å². The summed E-state index contributed by atoms with van der Waals surface area (Å²) < 4.78 is 11.7. The molecule has 2 aromatic carbocycles. The van der Waals surface area contributed by atoms with E-state index in [-0.39, 0.29) is 18.1 Å². The van der Waals surface area contributed by atoms with Gasteiger partial charge >= 0.3 is 6.03 Å². The lowest BCUT2D eigenvalue weighted by molar-refractivity contribution is -0.122. The first-order valence-corrected chi connectivity index (χ1v) is 9.42. The van der Waals surface area contributed by atoms with Gasteiger partial charge in [0.2, 0.25) is 0 Å². The van der Waals surface area contributed by atoms with Gasteiger partial charge in [-0.2, -0.15) is 0 Å². The number of benzene rings is 2. The largest absolute Gasteiger partial charge is 0.490 e. The highest BCUT2D eigenvalue weighted by Crippen LogP contribution is 2.30. The molecule has 1 saturated heterocycles. The van der Waals surface area contributed by atoms with Crippen molar-refractivity contribution in [2.75, 3.05) is 13.2 Å². The van der Waals surface area contributed by atoms with Crippen molar-refractivity contribution in [2.24, 2.45) is 0 Å². The third-order valence-corrected chi connectivity index (χ3v) is 4.33. The van der Waals surface area contributed by atoms with Gasteiger partial charge in [0.25, 0.3) is 5.91 Å². The number of carbonyl (C=O) groups excluding carboxylic acids is 2. The fraction of sp³-hybridized carbons (Fsp3) is 0.217. The lowest BCUT2D eigenvalue weighted by Crippen LogP contribution is -2.30. The van der Waals surface area contributed by atoms with E-state index in [9.17, 15) is 9.59 Å². The summed E-state index contributed by atoms with van der Waals surface area (Å²) >= 11 is 0. The Morgan fingerprint density at radius 2 is 1.93 bits per heavy atom. The summed E-state index contributed by atoms with van der Waals surface area (Å²) in [6.07, 6.45) is 3.13. The Hall–Kier alpha value is -3.54. The van der Waals surface area contributed by atoms with Crippen molar-refractivity contribution in [3.8, 4) is 11.5 Å². The zero-order chi connectivity index (χ0) is 20.8. The number of hydrogen-bond donors (Lipinski definition) is 1. The highest BCUT2D eigenvalue weighted by Gasteiger charge is 2.32. The van der Waals surface area contributed by atoms with Crippen LogP contribution in [-0.4, -0.2) is 30.0 Å². The van der Waals surface area contributed by atoms with Gasteiger partial charge < -0.3 is 14.8 Å². The summed E-state index contributed by atoms with van der Waals surface area (Å²) in [5.41, 5.74) is 3.18. The number of nitrogens with zero attached hydrogens (tertiary/aromatic N) is 1. The van der Waals surface area contributed by atoms with Gasteiger partial charge in [0.05, 0.1) is 6.61 Å². The highest BCUT2D eigenvalue weighted by atomic mass is 16.5. The van der Waals surface area contributed by atoms with Gasteiger partial charge in [0.15, 0.2) is 11.5 Å². The van der Waals surface area contributed by atoms with E-state index in [0.717, 1.165) is 16.0 Å². The van der Waals surface area contributed by atoms with Gasteiger partial charge in [-0.3, -0.25) is 9.69 Å². The maximum absolute atomic E-state index is 12.3. The van der Waals surface area contributed by atoms with Crippen molar-refractivity contribution in [3.05, 3.63) is 77.5 Å². The third-order valence-electron chi connectivity index (χ3n) is 4.33. The lowest BCUT2D eigenvalue weighted by Gasteiger charge is -2.13. The van der Waals surface area contributed by atoms with Gasteiger partial charge in [-0.15, -0.1) is 6.58 Å². The van der Waals surface area contributed by atoms with Crippen molar-refractivity contribution in [1.82, 2.24) is 10.2 Å². The van der Waals surface area contributed by atoms with Crippen LogP contribution in [0, 0.1) is 6.92 Å². The normalized spacial score (nSPS) is 14.8. The minimum Gasteiger partial charge on any atom is -0.490 e. The van der Waals surface area contributed by atoms with Crippen LogP contribution in [0.25, 0.3) is 6.08 Å². The Labute approximate surface area is 170 Å². The van der Waals surface area contributed by atoms with E-state index < -0.39 is 6.03 Å². The van der Waals surface area contributed by atoms with Gasteiger partial charge in [-0.1, -0.05) is 42.0 Å². The van der Waals surface area contributed by atoms with Crippen LogP contribution in [0.1, 0.15) is 23.6 Å². The standard InChI is InChI=1S/C23H24N2O4/c1-4-11-25-22(26)19(24-23(25)27)13-17-9-10-20(21(14-17)28-5-2)29-15-18-8-6-7-16(3)12-18/h4,6-10,12-14H,1,5,11,15H2,2-3H3,(H,24,27)/b19-13+. The van der Waals surface area contributed by atoms with Crippen molar-refractivity contribution >= 4 is 18.0 Å². The molecule has 1 N–H and O–H groups in total. The molecule has 1 heterocycles. The third kappa shape index (κ3) is 4.85. The first kappa shape index (κ1) is 20.2. The molecular formula is C23H24N2O4. The molecule has 1 aliphatic rings. The summed E-state index contributed by atoms with van der Waals surface area (Å²) in [7, 11) is 0. The average molecular weight is 392 g/mol. The van der Waals surface area contributed by atoms with Crippen LogP contribution >= 0.6 is 0 Å². The van der Waals surface area contributed by atoms with Gasteiger partial charge in [-0.05, 0) is 43.2 Å². The number of rotatable bonds is 8. The Bertz CT molecular complexity index is 965. The smallest absolute Gasteiger partial charge is 0.329 e. The predicted molar refractivity (Wildman–Crippen MR) is 112 cm³/mol. The average Bonchev–Trinajstić information content (AvgIpc) is 2.95. The van der Waals surface area contributed by atoms with Crippen molar-refractivity contribution < 1.29 is 19.1 Å². The molecule has 0 saturated carbocycles. The second kappa shape index (κ2) is 9.10. The zero-order valence-electron chi connectivity index (χ0n) is 16.6. The molecule has 0 spiro atoms. The summed E-state index contributed by atoms with van der Waals surface area (Å²) in [5.74, 6) is 0.812. The molecule has 1 aliphatic heterocycles. The van der Waals surface area contributed by atoms with Crippen LogP contribution in [0.5, 0.6) is 11.5 Å². The number of aryl methyl sites for hydroxylation is 1. The second-order valence-electron chi connectivity index (χ2n) is 6.61. The molecule has 0 aliphatic carbocycles. The van der Waals surface area contributed by atoms with Crippen LogP contribution in [0.15, 0.2) is 60.8 Å². The molecule has 6 nitrogen and oxygen atoms in total. The topological polar surface area (TPSA) is 67.9 Å². The van der Waals surface area contributed by atoms with E-state index in [1.807, 2.05) is 38.1 Å². The minimum absolute atomic E-state index is 0.165. The molecule has 29 heavy (non-hydrogen) atoms. The molecule has 150 valence electrons. The summed E-state index contributed by atoms with van der Waals surface area (Å²) in [6, 6.07) is 13.1. The number of imide groups is 1. The first-order chi connectivity index (χ1) is 14.0. The second-order valence-corrected chi connectivity index (χ2v) is 6.61. The van der Waals surface area contributed by atoms with Crippen molar-refractivity contribution in [3.63, 3.8) is 0 Å². The number of nitrogens with one attached hydrogen (secondary N) is 1. The van der Waals surface area contributed by atoms with E-state index in [4.69, 9.17) is 9.47 Å². The molecule has 0 radical (unpaired) electrons. The van der Waals surface area contributed by atoms with E-state index >= 15 is 0 Å². The summed E-state index contributed by atoms with van der Waals surface area (Å²) in [5, 5.41) is 2.58. The molecule has 3 amide bonds.